The first-order valence-corrected chi connectivity index (χ1v) is 17.5. The van der Waals surface area contributed by atoms with Gasteiger partial charge in [-0.1, -0.05) is 123 Å². The Labute approximate surface area is 289 Å². The maximum atomic E-state index is 14.3. The van der Waals surface area contributed by atoms with E-state index in [9.17, 15) is 4.79 Å². The number of pyridine rings is 1. The molecule has 0 N–H and O–H groups in total. The molecule has 2 unspecified atom stereocenters. The average Bonchev–Trinajstić information content (AvgIpc) is 3.18. The Kier molecular flexibility index (Phi) is 7.80. The first-order chi connectivity index (χ1) is 24.0. The molecule has 1 aliphatic rings. The summed E-state index contributed by atoms with van der Waals surface area (Å²) in [7, 11) is 0. The zero-order valence-corrected chi connectivity index (χ0v) is 28.4. The molecule has 0 spiro atoms. The lowest BCUT2D eigenvalue weighted by atomic mass is 9.67. The van der Waals surface area contributed by atoms with Crippen LogP contribution < -0.4 is 4.57 Å². The fraction of sp³-hybridized carbons (Fsp3) is 0.149. The number of rotatable bonds is 7. The van der Waals surface area contributed by atoms with Gasteiger partial charge in [-0.2, -0.15) is 4.57 Å². The van der Waals surface area contributed by atoms with Gasteiger partial charge in [0, 0.05) is 23.6 Å². The topological polar surface area (TPSA) is 20.9 Å². The van der Waals surface area contributed by atoms with E-state index in [0.29, 0.717) is 17.2 Å². The molecule has 8 rings (SSSR count). The molecule has 7 aromatic rings. The number of hydrogen-bond acceptors (Lipinski definition) is 1. The molecule has 1 aromatic heterocycles. The van der Waals surface area contributed by atoms with E-state index in [4.69, 9.17) is 0 Å². The van der Waals surface area contributed by atoms with Gasteiger partial charge in [0.15, 0.2) is 18.0 Å². The summed E-state index contributed by atoms with van der Waals surface area (Å²) in [4.78, 5) is 14.3. The van der Waals surface area contributed by atoms with E-state index >= 15 is 0 Å². The van der Waals surface area contributed by atoms with Gasteiger partial charge in [0.05, 0.1) is 16.4 Å². The van der Waals surface area contributed by atoms with Gasteiger partial charge in [-0.05, 0) is 94.1 Å². The number of carbonyl (C=O) groups excluding carboxylic acids is 1. The number of aromatic nitrogens is 1. The zero-order chi connectivity index (χ0) is 33.5. The van der Waals surface area contributed by atoms with E-state index in [0.717, 1.165) is 46.2 Å². The predicted molar refractivity (Wildman–Crippen MR) is 203 cm³/mol. The quantitative estimate of drug-likeness (QED) is 0.126. The molecule has 0 saturated carbocycles. The molecule has 0 fully saturated rings. The summed E-state index contributed by atoms with van der Waals surface area (Å²) in [6, 6.07) is 53.3. The van der Waals surface area contributed by atoms with Gasteiger partial charge >= 0.3 is 0 Å². The Hall–Kier alpha value is -5.60. The minimum atomic E-state index is 0.000776. The van der Waals surface area contributed by atoms with Crippen LogP contribution in [0.4, 0.5) is 0 Å². The number of benzene rings is 6. The largest absolute Gasteiger partial charge is 0.289 e. The van der Waals surface area contributed by atoms with E-state index in [1.165, 1.54) is 27.6 Å². The lowest BCUT2D eigenvalue weighted by Crippen LogP contribution is -2.54. The number of hydrogen-bond donors (Lipinski definition) is 0. The van der Waals surface area contributed by atoms with E-state index in [1.807, 2.05) is 60.7 Å². The standard InChI is InChI=1S/C47H40NO/c1-4-44-47(3,5-2)43-24-23-36(31-42(43)45-41-22-13-12-19-34(41)25-26-48(44)45)35-20-14-21-37(27-35)46(49)40-29-38(32-15-8-6-9-16-32)28-39(30-40)33-17-10-7-11-18-33/h6-31,44H,4-5H2,1-3H3/q+1. The van der Waals surface area contributed by atoms with Crippen LogP contribution in [0, 0.1) is 0 Å². The summed E-state index contributed by atoms with van der Waals surface area (Å²) in [5, 5.41) is 2.52. The Bertz CT molecular complexity index is 2280. The van der Waals surface area contributed by atoms with Crippen LogP contribution in [0.1, 0.15) is 61.1 Å². The number of carbonyl (C=O) groups is 1. The Morgan fingerprint density at radius 3 is 1.88 bits per heavy atom. The highest BCUT2D eigenvalue weighted by atomic mass is 16.1. The third-order valence-electron chi connectivity index (χ3n) is 10.8. The zero-order valence-electron chi connectivity index (χ0n) is 28.4. The smallest absolute Gasteiger partial charge is 0.220 e. The molecule has 0 amide bonds. The van der Waals surface area contributed by atoms with Crippen molar-refractivity contribution in [2.45, 2.75) is 45.1 Å². The summed E-state index contributed by atoms with van der Waals surface area (Å²) in [5.41, 5.74) is 11.7. The van der Waals surface area contributed by atoms with Crippen molar-refractivity contribution in [3.05, 3.63) is 175 Å². The summed E-state index contributed by atoms with van der Waals surface area (Å²) < 4.78 is 2.53. The van der Waals surface area contributed by atoms with Crippen molar-refractivity contribution in [3.63, 3.8) is 0 Å². The summed E-state index contributed by atoms with van der Waals surface area (Å²) in [6.45, 7) is 7.06. The highest BCUT2D eigenvalue weighted by Crippen LogP contribution is 2.48. The van der Waals surface area contributed by atoms with Crippen molar-refractivity contribution in [2.24, 2.45) is 0 Å². The average molecular weight is 635 g/mol. The van der Waals surface area contributed by atoms with Crippen LogP contribution in [0.5, 0.6) is 0 Å². The molecule has 2 nitrogen and oxygen atoms in total. The van der Waals surface area contributed by atoms with Gasteiger partial charge in [-0.15, -0.1) is 0 Å². The molecule has 0 saturated heterocycles. The molecule has 2 heterocycles. The minimum absolute atomic E-state index is 0.000776. The number of fused-ring (bicyclic) bond motifs is 5. The minimum Gasteiger partial charge on any atom is -0.289 e. The molecular formula is C47H40NO+. The van der Waals surface area contributed by atoms with E-state index in [-0.39, 0.29) is 11.2 Å². The lowest BCUT2D eigenvalue weighted by molar-refractivity contribution is -0.723. The van der Waals surface area contributed by atoms with Gasteiger partial charge in [-0.3, -0.25) is 4.79 Å². The molecule has 1 aliphatic heterocycles. The monoisotopic (exact) mass is 634 g/mol. The SMILES string of the molecule is CCC1[n+]2ccc3ccccc3c2-c2cc(-c3cccc(C(=O)c4cc(-c5ccccc5)cc(-c5ccccc5)c4)c3)ccc2C1(C)CC. The lowest BCUT2D eigenvalue weighted by Gasteiger charge is -2.39. The maximum absolute atomic E-state index is 14.3. The van der Waals surface area contributed by atoms with Crippen molar-refractivity contribution in [2.75, 3.05) is 0 Å². The first kappa shape index (κ1) is 30.7. The second kappa shape index (κ2) is 12.5. The third kappa shape index (κ3) is 5.29. The van der Waals surface area contributed by atoms with Gasteiger partial charge in [0.1, 0.15) is 0 Å². The van der Waals surface area contributed by atoms with Gasteiger partial charge < -0.3 is 0 Å². The molecule has 238 valence electrons. The van der Waals surface area contributed by atoms with Crippen LogP contribution in [0.3, 0.4) is 0 Å². The number of nitrogens with zero attached hydrogens (tertiary/aromatic N) is 1. The normalized spacial score (nSPS) is 16.6. The molecule has 0 aliphatic carbocycles. The molecule has 49 heavy (non-hydrogen) atoms. The van der Waals surface area contributed by atoms with Crippen LogP contribution in [0.25, 0.3) is 55.4 Å². The molecule has 2 heteroatoms. The Morgan fingerprint density at radius 2 is 1.20 bits per heavy atom. The predicted octanol–water partition coefficient (Wildman–Crippen LogP) is 11.7. The van der Waals surface area contributed by atoms with Crippen molar-refractivity contribution < 1.29 is 9.36 Å². The highest BCUT2D eigenvalue weighted by molar-refractivity contribution is 6.11. The fourth-order valence-corrected chi connectivity index (χ4v) is 8.11. The summed E-state index contributed by atoms with van der Waals surface area (Å²) in [5.74, 6) is 0.0195. The second-order valence-corrected chi connectivity index (χ2v) is 13.6. The second-order valence-electron chi connectivity index (χ2n) is 13.6. The highest BCUT2D eigenvalue weighted by Gasteiger charge is 2.47. The van der Waals surface area contributed by atoms with E-state index < -0.39 is 0 Å². The van der Waals surface area contributed by atoms with E-state index in [2.05, 4.69) is 123 Å². The summed E-state index contributed by atoms with van der Waals surface area (Å²) in [6.07, 6.45) is 4.40. The Morgan fingerprint density at radius 1 is 0.592 bits per heavy atom. The van der Waals surface area contributed by atoms with Gasteiger partial charge in [0.2, 0.25) is 5.69 Å². The molecule has 2 atom stereocenters. The fourth-order valence-electron chi connectivity index (χ4n) is 8.11. The van der Waals surface area contributed by atoms with E-state index in [1.54, 1.807) is 0 Å². The maximum Gasteiger partial charge on any atom is 0.220 e. The van der Waals surface area contributed by atoms with Gasteiger partial charge in [-0.25, -0.2) is 0 Å². The summed E-state index contributed by atoms with van der Waals surface area (Å²) >= 11 is 0. The van der Waals surface area contributed by atoms with Crippen LogP contribution >= 0.6 is 0 Å². The van der Waals surface area contributed by atoms with Crippen LogP contribution in [-0.4, -0.2) is 5.78 Å². The molecule has 0 radical (unpaired) electrons. The first-order valence-electron chi connectivity index (χ1n) is 17.5. The van der Waals surface area contributed by atoms with Crippen molar-refractivity contribution in [1.29, 1.82) is 0 Å². The van der Waals surface area contributed by atoms with Crippen LogP contribution in [0.15, 0.2) is 158 Å². The molecular weight excluding hydrogens is 595 g/mol. The van der Waals surface area contributed by atoms with Crippen LogP contribution in [0.2, 0.25) is 0 Å². The van der Waals surface area contributed by atoms with Crippen molar-refractivity contribution in [1.82, 2.24) is 0 Å². The molecule has 6 aromatic carbocycles. The molecule has 0 bridgehead atoms. The third-order valence-corrected chi connectivity index (χ3v) is 10.8. The van der Waals surface area contributed by atoms with Crippen molar-refractivity contribution >= 4 is 16.6 Å². The van der Waals surface area contributed by atoms with Gasteiger partial charge in [0.25, 0.3) is 0 Å². The number of ketones is 1. The van der Waals surface area contributed by atoms with Crippen LogP contribution in [-0.2, 0) is 5.41 Å². The Balaban J connectivity index is 1.24. The van der Waals surface area contributed by atoms with Crippen molar-refractivity contribution in [3.8, 4) is 44.6 Å².